The van der Waals surface area contributed by atoms with Crippen molar-refractivity contribution in [2.24, 2.45) is 45.3 Å². The highest BCUT2D eigenvalue weighted by Crippen LogP contribution is 2.76. The number of aliphatic hydroxyl groups is 8. The van der Waals surface area contributed by atoms with Gasteiger partial charge in [-0.1, -0.05) is 46.3 Å². The number of aliphatic hydroxyl groups excluding tert-OH is 8. The number of rotatable bonds is 9. The highest BCUT2D eigenvalue weighted by atomic mass is 16.7. The summed E-state index contributed by atoms with van der Waals surface area (Å²) in [5.74, 6) is 0.469. The summed E-state index contributed by atoms with van der Waals surface area (Å²) in [6.45, 7) is 17.2. The zero-order valence-electron chi connectivity index (χ0n) is 33.2. The van der Waals surface area contributed by atoms with Crippen molar-refractivity contribution < 1.29 is 59.8 Å². The van der Waals surface area contributed by atoms with E-state index in [-0.39, 0.29) is 52.8 Å². The molecule has 12 nitrogen and oxygen atoms in total. The minimum Gasteiger partial charge on any atom is -0.393 e. The van der Waals surface area contributed by atoms with Crippen LogP contribution in [0, 0.1) is 45.3 Å². The molecule has 0 aromatic rings. The summed E-state index contributed by atoms with van der Waals surface area (Å²) in [6, 6.07) is 0. The van der Waals surface area contributed by atoms with E-state index >= 15 is 0 Å². The van der Waals surface area contributed by atoms with Crippen molar-refractivity contribution in [1.82, 2.24) is 0 Å². The lowest BCUT2D eigenvalue weighted by atomic mass is 9.35. The first-order valence-corrected chi connectivity index (χ1v) is 20.3. The number of hydrogen-bond donors (Lipinski definition) is 8. The Kier molecular flexibility index (Phi) is 11.8. The maximum absolute atomic E-state index is 12.4. The van der Waals surface area contributed by atoms with Crippen LogP contribution in [0.2, 0.25) is 0 Å². The average Bonchev–Trinajstić information content (AvgIpc) is 3.47. The van der Waals surface area contributed by atoms with Gasteiger partial charge in [-0.25, -0.2) is 0 Å². The predicted octanol–water partition coefficient (Wildman–Crippen LogP) is 2.79. The van der Waals surface area contributed by atoms with E-state index < -0.39 is 67.0 Å². The Bertz CT molecular complexity index is 1320. The van der Waals surface area contributed by atoms with Crippen molar-refractivity contribution >= 4 is 0 Å². The van der Waals surface area contributed by atoms with Crippen LogP contribution in [0.15, 0.2) is 11.6 Å². The van der Waals surface area contributed by atoms with Crippen LogP contribution in [0.3, 0.4) is 0 Å². The molecule has 6 rings (SSSR count). The molecular formula is C41H70O12. The molecule has 2 saturated heterocycles. The third kappa shape index (κ3) is 6.90. The van der Waals surface area contributed by atoms with Gasteiger partial charge >= 0.3 is 0 Å². The summed E-state index contributed by atoms with van der Waals surface area (Å²) < 4.78 is 24.1. The molecule has 6 aliphatic rings. The third-order valence-corrected chi connectivity index (χ3v) is 16.3. The molecule has 2 aliphatic heterocycles. The van der Waals surface area contributed by atoms with Gasteiger partial charge in [0.15, 0.2) is 12.6 Å². The van der Waals surface area contributed by atoms with Gasteiger partial charge in [0.2, 0.25) is 0 Å². The van der Waals surface area contributed by atoms with Gasteiger partial charge in [-0.3, -0.25) is 0 Å². The molecule has 0 amide bonds. The quantitative estimate of drug-likeness (QED) is 0.161. The fourth-order valence-corrected chi connectivity index (χ4v) is 12.9. The number of hydrogen-bond acceptors (Lipinski definition) is 12. The zero-order chi connectivity index (χ0) is 39.1. The van der Waals surface area contributed by atoms with Crippen LogP contribution in [-0.4, -0.2) is 127 Å². The predicted molar refractivity (Wildman–Crippen MR) is 195 cm³/mol. The molecular weight excluding hydrogens is 684 g/mol. The molecule has 0 unspecified atom stereocenters. The Morgan fingerprint density at radius 1 is 0.755 bits per heavy atom. The van der Waals surface area contributed by atoms with Gasteiger partial charge in [0.25, 0.3) is 0 Å². The lowest BCUT2D eigenvalue weighted by Crippen LogP contribution is -2.67. The summed E-state index contributed by atoms with van der Waals surface area (Å²) in [5, 5.41) is 87.0. The topological polar surface area (TPSA) is 199 Å². The highest BCUT2D eigenvalue weighted by molar-refractivity contribution is 5.20. The smallest absolute Gasteiger partial charge is 0.187 e. The summed E-state index contributed by atoms with van der Waals surface area (Å²) in [4.78, 5) is 0. The lowest BCUT2D eigenvalue weighted by molar-refractivity contribution is -0.345. The Labute approximate surface area is 315 Å². The molecule has 0 bridgehead atoms. The molecule has 4 saturated carbocycles. The van der Waals surface area contributed by atoms with Crippen molar-refractivity contribution in [1.29, 1.82) is 0 Å². The molecule has 4 aliphatic carbocycles. The van der Waals surface area contributed by atoms with Crippen LogP contribution in [0.4, 0.5) is 0 Å². The first-order chi connectivity index (χ1) is 24.6. The Morgan fingerprint density at radius 3 is 2.09 bits per heavy atom. The molecule has 0 aromatic heterocycles. The molecule has 53 heavy (non-hydrogen) atoms. The molecule has 6 fully saturated rings. The SMILES string of the molecule is CC(C)=CCC[C@](C)(O[C@@H]1O[C@H](CO[C@@H]2OC[C@@H](O)[C@H](O)[C@H]2O)[C@@H](O)[C@H](O)[C@H]1O)[C@H]1CC[C@]2(C)[C@@H]1[C@H](O)C[C@@H]1[C@@]3(C)CC[C@H](O)C(C)(C)[C@H]3CC[C@]12C. The van der Waals surface area contributed by atoms with Crippen molar-refractivity contribution in [3.05, 3.63) is 11.6 Å². The minimum atomic E-state index is -1.63. The van der Waals surface area contributed by atoms with E-state index in [1.165, 1.54) is 0 Å². The summed E-state index contributed by atoms with van der Waals surface area (Å²) >= 11 is 0. The molecule has 12 heteroatoms. The van der Waals surface area contributed by atoms with E-state index in [0.717, 1.165) is 44.1 Å². The fraction of sp³-hybridized carbons (Fsp3) is 0.951. The van der Waals surface area contributed by atoms with E-state index in [1.807, 2.05) is 20.8 Å². The van der Waals surface area contributed by atoms with Crippen molar-refractivity contribution in [2.75, 3.05) is 13.2 Å². The van der Waals surface area contributed by atoms with E-state index in [1.54, 1.807) is 0 Å². The lowest BCUT2D eigenvalue weighted by Gasteiger charge is -2.70. The van der Waals surface area contributed by atoms with Crippen LogP contribution in [0.25, 0.3) is 0 Å². The maximum Gasteiger partial charge on any atom is 0.187 e. The van der Waals surface area contributed by atoms with Crippen LogP contribution in [0.1, 0.15) is 113 Å². The van der Waals surface area contributed by atoms with Gasteiger partial charge in [0.1, 0.15) is 42.7 Å². The van der Waals surface area contributed by atoms with Crippen LogP contribution in [0.5, 0.6) is 0 Å². The van der Waals surface area contributed by atoms with Gasteiger partial charge in [0, 0.05) is 0 Å². The van der Waals surface area contributed by atoms with Crippen molar-refractivity contribution in [2.45, 2.75) is 186 Å². The molecule has 8 N–H and O–H groups in total. The first kappa shape index (κ1) is 41.9. The normalized spacial score (nSPS) is 52.1. The molecule has 0 aromatic carbocycles. The number of allylic oxidation sites excluding steroid dienone is 2. The van der Waals surface area contributed by atoms with Crippen molar-refractivity contribution in [3.63, 3.8) is 0 Å². The van der Waals surface area contributed by atoms with Gasteiger partial charge < -0.3 is 59.8 Å². The number of fused-ring (bicyclic) bond motifs is 5. The number of ether oxygens (including phenoxy) is 4. The van der Waals surface area contributed by atoms with Gasteiger partial charge in [-0.2, -0.15) is 0 Å². The van der Waals surface area contributed by atoms with Gasteiger partial charge in [0.05, 0.1) is 31.0 Å². The third-order valence-electron chi connectivity index (χ3n) is 16.3. The molecule has 0 radical (unpaired) electrons. The summed E-state index contributed by atoms with van der Waals surface area (Å²) in [6.07, 6.45) is -4.18. The minimum absolute atomic E-state index is 0.00324. The van der Waals surface area contributed by atoms with E-state index in [2.05, 4.69) is 40.7 Å². The van der Waals surface area contributed by atoms with Crippen LogP contribution < -0.4 is 0 Å². The van der Waals surface area contributed by atoms with E-state index in [0.29, 0.717) is 31.1 Å². The van der Waals surface area contributed by atoms with Crippen molar-refractivity contribution in [3.8, 4) is 0 Å². The second kappa shape index (κ2) is 14.9. The standard InChI is InChI=1S/C41H70O12/c1-21(2)10-9-14-41(8,53-36-34(49)32(47)31(46)25(52-36)20-51-35-33(48)30(45)24(43)19-50-35)22-11-16-40(7)29(22)23(42)18-27-38(5)15-13-28(44)37(3,4)26(38)12-17-39(27,40)6/h10,22-36,42-49H,9,11-20H2,1-8H3/t22-,23+,24+,25+,26+,27+,28-,29-,30-,31+,32-,33+,34+,35-,36-,38-,39+,40+,41-/m0/s1. The van der Waals surface area contributed by atoms with Gasteiger partial charge in [-0.05, 0) is 124 Å². The van der Waals surface area contributed by atoms with Crippen LogP contribution in [-0.2, 0) is 18.9 Å². The highest BCUT2D eigenvalue weighted by Gasteiger charge is 2.71. The summed E-state index contributed by atoms with van der Waals surface area (Å²) in [7, 11) is 0. The fourth-order valence-electron chi connectivity index (χ4n) is 12.9. The monoisotopic (exact) mass is 754 g/mol. The summed E-state index contributed by atoms with van der Waals surface area (Å²) in [5.41, 5.74) is -0.185. The average molecular weight is 755 g/mol. The second-order valence-corrected chi connectivity index (χ2v) is 19.7. The Hall–Kier alpha value is -0.740. The zero-order valence-corrected chi connectivity index (χ0v) is 33.2. The van der Waals surface area contributed by atoms with E-state index in [4.69, 9.17) is 18.9 Å². The largest absolute Gasteiger partial charge is 0.393 e. The molecule has 0 spiro atoms. The molecule has 306 valence electrons. The Morgan fingerprint density at radius 2 is 1.42 bits per heavy atom. The Balaban J connectivity index is 1.26. The molecule has 19 atom stereocenters. The second-order valence-electron chi connectivity index (χ2n) is 19.7. The van der Waals surface area contributed by atoms with Gasteiger partial charge in [-0.15, -0.1) is 0 Å². The molecule has 2 heterocycles. The van der Waals surface area contributed by atoms with Crippen LogP contribution >= 0.6 is 0 Å². The maximum atomic E-state index is 12.4. The van der Waals surface area contributed by atoms with E-state index in [9.17, 15) is 40.9 Å². The first-order valence-electron chi connectivity index (χ1n) is 20.3.